The summed E-state index contributed by atoms with van der Waals surface area (Å²) in [5.74, 6) is -1.65. The molecule has 0 aromatic heterocycles. The fraction of sp³-hybridized carbons (Fsp3) is 0.276. The molecular formula is C29H27BrN2O3. The number of benzene rings is 3. The second-order valence-electron chi connectivity index (χ2n) is 10.4. The molecule has 178 valence electrons. The van der Waals surface area contributed by atoms with E-state index in [0.717, 1.165) is 21.2 Å². The average Bonchev–Trinajstić information content (AvgIpc) is 3.27. The predicted molar refractivity (Wildman–Crippen MR) is 140 cm³/mol. The maximum atomic E-state index is 14.1. The smallest absolute Gasteiger partial charge is 0.238 e. The second-order valence-corrected chi connectivity index (χ2v) is 11.3. The Kier molecular flexibility index (Phi) is 5.67. The summed E-state index contributed by atoms with van der Waals surface area (Å²) in [4.78, 5) is 42.6. The Morgan fingerprint density at radius 1 is 0.971 bits per heavy atom. The number of carbonyl (C=O) groups excluding carboxylic acids is 3. The molecule has 2 aliphatic rings. The van der Waals surface area contributed by atoms with Crippen LogP contribution in [0.5, 0.6) is 0 Å². The number of nitrogens with one attached hydrogen (secondary N) is 1. The van der Waals surface area contributed by atoms with Crippen LogP contribution in [-0.4, -0.2) is 17.7 Å². The fourth-order valence-corrected chi connectivity index (χ4v) is 5.83. The third-order valence-corrected chi connectivity index (χ3v) is 7.63. The van der Waals surface area contributed by atoms with Gasteiger partial charge in [0.2, 0.25) is 17.7 Å². The van der Waals surface area contributed by atoms with E-state index in [0.29, 0.717) is 17.8 Å². The van der Waals surface area contributed by atoms with Gasteiger partial charge in [-0.25, -0.2) is 4.90 Å². The van der Waals surface area contributed by atoms with Gasteiger partial charge in [0.05, 0.1) is 17.0 Å². The summed E-state index contributed by atoms with van der Waals surface area (Å²) in [6.45, 7) is 6.16. The summed E-state index contributed by atoms with van der Waals surface area (Å²) >= 11 is 3.52. The van der Waals surface area contributed by atoms with Crippen LogP contribution in [0.25, 0.3) is 0 Å². The van der Waals surface area contributed by atoms with Crippen LogP contribution in [0.2, 0.25) is 0 Å². The van der Waals surface area contributed by atoms with Gasteiger partial charge in [-0.3, -0.25) is 14.4 Å². The van der Waals surface area contributed by atoms with Gasteiger partial charge in [0.25, 0.3) is 0 Å². The number of hydrogen-bond donors (Lipinski definition) is 1. The summed E-state index contributed by atoms with van der Waals surface area (Å²) in [6.07, 6.45) is 0.313. The van der Waals surface area contributed by atoms with E-state index < -0.39 is 11.3 Å². The van der Waals surface area contributed by atoms with Gasteiger partial charge in [-0.15, -0.1) is 0 Å². The first-order valence-corrected chi connectivity index (χ1v) is 12.5. The third-order valence-electron chi connectivity index (χ3n) is 7.14. The molecule has 35 heavy (non-hydrogen) atoms. The van der Waals surface area contributed by atoms with Crippen molar-refractivity contribution in [2.45, 2.75) is 44.4 Å². The van der Waals surface area contributed by atoms with Gasteiger partial charge in [-0.2, -0.15) is 0 Å². The molecule has 3 aromatic carbocycles. The lowest BCUT2D eigenvalue weighted by atomic mass is 9.66. The number of imide groups is 1. The molecule has 2 atom stereocenters. The lowest BCUT2D eigenvalue weighted by molar-refractivity contribution is -0.130. The molecule has 0 unspecified atom stereocenters. The number of hydrogen-bond acceptors (Lipinski definition) is 3. The van der Waals surface area contributed by atoms with E-state index in [1.165, 1.54) is 4.90 Å². The monoisotopic (exact) mass is 530 g/mol. The molecule has 0 saturated carbocycles. The van der Waals surface area contributed by atoms with Gasteiger partial charge in [-0.1, -0.05) is 85.2 Å². The molecule has 0 radical (unpaired) electrons. The number of carbonyl (C=O) groups is 3. The van der Waals surface area contributed by atoms with Crippen LogP contribution in [-0.2, 0) is 31.6 Å². The number of fused-ring (bicyclic) bond motifs is 1. The molecule has 5 rings (SSSR count). The predicted octanol–water partition coefficient (Wildman–Crippen LogP) is 5.76. The highest BCUT2D eigenvalue weighted by Gasteiger charge is 2.59. The zero-order valence-electron chi connectivity index (χ0n) is 20.0. The van der Waals surface area contributed by atoms with E-state index in [1.54, 1.807) is 0 Å². The Bertz CT molecular complexity index is 1350. The van der Waals surface area contributed by atoms with Gasteiger partial charge in [0.15, 0.2) is 0 Å². The molecule has 0 bridgehead atoms. The van der Waals surface area contributed by atoms with E-state index in [4.69, 9.17) is 0 Å². The zero-order valence-corrected chi connectivity index (χ0v) is 21.6. The van der Waals surface area contributed by atoms with Crippen LogP contribution in [0.1, 0.15) is 43.9 Å². The number of anilines is 2. The minimum absolute atomic E-state index is 0.0208. The van der Waals surface area contributed by atoms with Crippen LogP contribution < -0.4 is 10.2 Å². The number of para-hydroxylation sites is 1. The minimum atomic E-state index is -1.17. The standard InChI is InChI=1S/C29H27BrN2O3/c1-28(2,3)21-15-19(30)13-14-24(21)32-25(33)16-22(26(32)34)29(17-18-9-5-4-6-10-18)20-11-7-8-12-23(20)31-27(29)35/h4-15,22H,16-17H2,1-3H3,(H,31,35)/t22-,29-/m0/s1. The molecule has 2 aliphatic heterocycles. The fourth-order valence-electron chi connectivity index (χ4n) is 5.47. The van der Waals surface area contributed by atoms with Crippen molar-refractivity contribution in [3.05, 3.63) is 94.0 Å². The minimum Gasteiger partial charge on any atom is -0.325 e. The number of rotatable bonds is 4. The molecule has 3 amide bonds. The van der Waals surface area contributed by atoms with Crippen molar-refractivity contribution < 1.29 is 14.4 Å². The van der Waals surface area contributed by atoms with E-state index in [1.807, 2.05) is 72.8 Å². The van der Waals surface area contributed by atoms with Gasteiger partial charge in [0.1, 0.15) is 0 Å². The molecule has 3 aromatic rings. The van der Waals surface area contributed by atoms with E-state index in [-0.39, 0.29) is 29.6 Å². The number of halogens is 1. The Morgan fingerprint density at radius 3 is 2.37 bits per heavy atom. The molecule has 5 nitrogen and oxygen atoms in total. The molecule has 0 aliphatic carbocycles. The molecule has 2 heterocycles. The Labute approximate surface area is 213 Å². The van der Waals surface area contributed by atoms with Crippen LogP contribution in [0.15, 0.2) is 77.3 Å². The van der Waals surface area contributed by atoms with Crippen molar-refractivity contribution in [1.82, 2.24) is 0 Å². The highest BCUT2D eigenvalue weighted by atomic mass is 79.9. The zero-order chi connectivity index (χ0) is 25.0. The summed E-state index contributed by atoms with van der Waals surface area (Å²) in [7, 11) is 0. The van der Waals surface area contributed by atoms with Gasteiger partial charge in [-0.05, 0) is 52.8 Å². The van der Waals surface area contributed by atoms with Crippen molar-refractivity contribution in [1.29, 1.82) is 0 Å². The van der Waals surface area contributed by atoms with Gasteiger partial charge in [0, 0.05) is 16.6 Å². The van der Waals surface area contributed by atoms with Crippen LogP contribution >= 0.6 is 15.9 Å². The molecule has 1 saturated heterocycles. The summed E-state index contributed by atoms with van der Waals surface area (Å²) in [5.41, 5.74) is 2.42. The van der Waals surface area contributed by atoms with Gasteiger partial charge < -0.3 is 5.32 Å². The lowest BCUT2D eigenvalue weighted by Crippen LogP contribution is -2.47. The average molecular weight is 531 g/mol. The first-order chi connectivity index (χ1) is 16.6. The largest absolute Gasteiger partial charge is 0.325 e. The van der Waals surface area contributed by atoms with Gasteiger partial charge >= 0.3 is 0 Å². The summed E-state index contributed by atoms with van der Waals surface area (Å²) in [6, 6.07) is 22.8. The van der Waals surface area contributed by atoms with Crippen LogP contribution in [0.4, 0.5) is 11.4 Å². The summed E-state index contributed by atoms with van der Waals surface area (Å²) in [5, 5.41) is 2.99. The van der Waals surface area contributed by atoms with E-state index >= 15 is 0 Å². The number of amides is 3. The first-order valence-electron chi connectivity index (χ1n) is 11.7. The van der Waals surface area contributed by atoms with E-state index in [2.05, 4.69) is 42.0 Å². The SMILES string of the molecule is CC(C)(C)c1cc(Br)ccc1N1C(=O)C[C@H]([C@@]2(Cc3ccccc3)C(=O)Nc3ccccc32)C1=O. The van der Waals surface area contributed by atoms with Crippen molar-refractivity contribution in [2.24, 2.45) is 5.92 Å². The maximum Gasteiger partial charge on any atom is 0.238 e. The summed E-state index contributed by atoms with van der Waals surface area (Å²) < 4.78 is 0.881. The number of nitrogens with zero attached hydrogens (tertiary/aromatic N) is 1. The maximum absolute atomic E-state index is 14.1. The third kappa shape index (κ3) is 3.80. The molecule has 6 heteroatoms. The van der Waals surface area contributed by atoms with E-state index in [9.17, 15) is 14.4 Å². The topological polar surface area (TPSA) is 66.5 Å². The quantitative estimate of drug-likeness (QED) is 0.436. The van der Waals surface area contributed by atoms with Crippen LogP contribution in [0.3, 0.4) is 0 Å². The highest BCUT2D eigenvalue weighted by molar-refractivity contribution is 9.10. The van der Waals surface area contributed by atoms with Crippen LogP contribution in [0, 0.1) is 5.92 Å². The lowest BCUT2D eigenvalue weighted by Gasteiger charge is -2.33. The molecule has 1 fully saturated rings. The normalized spacial score (nSPS) is 21.9. The Hall–Kier alpha value is -3.25. The molecular weight excluding hydrogens is 504 g/mol. The second kappa shape index (κ2) is 8.45. The van der Waals surface area contributed by atoms with Crippen molar-refractivity contribution in [2.75, 3.05) is 10.2 Å². The Morgan fingerprint density at radius 2 is 1.66 bits per heavy atom. The first kappa shape index (κ1) is 23.5. The molecule has 1 N–H and O–H groups in total. The van der Waals surface area contributed by atoms with Crippen molar-refractivity contribution in [3.8, 4) is 0 Å². The Balaban J connectivity index is 1.65. The van der Waals surface area contributed by atoms with Crippen molar-refractivity contribution >= 4 is 45.0 Å². The van der Waals surface area contributed by atoms with Crippen molar-refractivity contribution in [3.63, 3.8) is 0 Å². The highest BCUT2D eigenvalue weighted by Crippen LogP contribution is 2.50. The molecule has 0 spiro atoms.